The van der Waals surface area contributed by atoms with Crippen LogP contribution in [0.2, 0.25) is 0 Å². The minimum Gasteiger partial charge on any atom is -0.329 e. The smallest absolute Gasteiger partial charge is 0.320 e. The second-order valence-corrected chi connectivity index (χ2v) is 6.41. The molecule has 2 aromatic heterocycles. The molecule has 2 aromatic rings. The van der Waals surface area contributed by atoms with E-state index in [4.69, 9.17) is 0 Å². The summed E-state index contributed by atoms with van der Waals surface area (Å²) in [5.41, 5.74) is 2.87. The van der Waals surface area contributed by atoms with E-state index in [-0.39, 0.29) is 18.1 Å². The van der Waals surface area contributed by atoms with Crippen LogP contribution in [0.3, 0.4) is 0 Å². The molecule has 0 aromatic carbocycles. The molecule has 0 spiro atoms. The van der Waals surface area contributed by atoms with Gasteiger partial charge in [-0.05, 0) is 44.7 Å². The topological polar surface area (TPSA) is 71.8 Å². The fraction of sp³-hybridized carbons (Fsp3) is 0.526. The van der Waals surface area contributed by atoms with E-state index in [0.717, 1.165) is 42.0 Å². The number of rotatable bonds is 7. The number of aromatic nitrogens is 3. The summed E-state index contributed by atoms with van der Waals surface area (Å²) in [5, 5.41) is 10.5. The highest BCUT2D eigenvalue weighted by molar-refractivity contribution is 5.88. The average Bonchev–Trinajstić information content (AvgIpc) is 2.95. The third kappa shape index (κ3) is 4.81. The molecule has 25 heavy (non-hydrogen) atoms. The number of pyridine rings is 1. The molecular weight excluding hydrogens is 314 g/mol. The Morgan fingerprint density at radius 2 is 1.88 bits per heavy atom. The van der Waals surface area contributed by atoms with Crippen molar-refractivity contribution in [3.05, 3.63) is 41.3 Å². The van der Waals surface area contributed by atoms with Crippen molar-refractivity contribution in [2.45, 2.75) is 66.0 Å². The fourth-order valence-corrected chi connectivity index (χ4v) is 2.90. The van der Waals surface area contributed by atoms with Crippen molar-refractivity contribution in [3.8, 4) is 0 Å². The first kappa shape index (κ1) is 19.0. The number of hydrogen-bond acceptors (Lipinski definition) is 3. The molecule has 0 aliphatic rings. The molecular formula is C19H29N5O. The second kappa shape index (κ2) is 8.65. The summed E-state index contributed by atoms with van der Waals surface area (Å²) in [6.45, 7) is 10.2. The first-order valence-corrected chi connectivity index (χ1v) is 9.04. The summed E-state index contributed by atoms with van der Waals surface area (Å²) in [4.78, 5) is 16.9. The van der Waals surface area contributed by atoms with Crippen molar-refractivity contribution in [2.24, 2.45) is 0 Å². The fourth-order valence-electron chi connectivity index (χ4n) is 2.90. The molecule has 0 bridgehead atoms. The van der Waals surface area contributed by atoms with E-state index in [9.17, 15) is 4.79 Å². The van der Waals surface area contributed by atoms with Crippen molar-refractivity contribution in [2.75, 3.05) is 5.32 Å². The third-order valence-electron chi connectivity index (χ3n) is 4.39. The van der Waals surface area contributed by atoms with Crippen LogP contribution in [0.25, 0.3) is 0 Å². The van der Waals surface area contributed by atoms with Crippen LogP contribution in [0.1, 0.15) is 69.1 Å². The Hall–Kier alpha value is -2.37. The predicted octanol–water partition coefficient (Wildman–Crippen LogP) is 4.53. The molecule has 1 unspecified atom stereocenters. The molecule has 0 radical (unpaired) electrons. The highest BCUT2D eigenvalue weighted by atomic mass is 16.2. The van der Waals surface area contributed by atoms with Crippen molar-refractivity contribution in [3.63, 3.8) is 0 Å². The SMILES string of the molecule is CCC(NC(=O)Nc1cc(C)nn1C(CC)CC)c1ccc(C)cn1. The van der Waals surface area contributed by atoms with Gasteiger partial charge in [-0.25, -0.2) is 9.48 Å². The van der Waals surface area contributed by atoms with Crippen molar-refractivity contribution in [1.82, 2.24) is 20.1 Å². The highest BCUT2D eigenvalue weighted by Crippen LogP contribution is 2.22. The predicted molar refractivity (Wildman–Crippen MR) is 101 cm³/mol. The lowest BCUT2D eigenvalue weighted by Gasteiger charge is -2.19. The number of nitrogens with zero attached hydrogens (tertiary/aromatic N) is 3. The summed E-state index contributed by atoms with van der Waals surface area (Å²) in [6.07, 6.45) is 4.54. The van der Waals surface area contributed by atoms with Crippen LogP contribution in [0.5, 0.6) is 0 Å². The number of carbonyl (C=O) groups excluding carboxylic acids is 1. The van der Waals surface area contributed by atoms with E-state index in [1.54, 1.807) is 0 Å². The maximum atomic E-state index is 12.5. The Morgan fingerprint density at radius 3 is 2.44 bits per heavy atom. The number of carbonyl (C=O) groups is 1. The lowest BCUT2D eigenvalue weighted by atomic mass is 10.1. The Kier molecular flexibility index (Phi) is 6.56. The van der Waals surface area contributed by atoms with E-state index in [1.807, 2.05) is 49.8 Å². The van der Waals surface area contributed by atoms with Gasteiger partial charge >= 0.3 is 6.03 Å². The van der Waals surface area contributed by atoms with Gasteiger partial charge in [0.15, 0.2) is 0 Å². The number of nitrogens with one attached hydrogen (secondary N) is 2. The Balaban J connectivity index is 2.10. The summed E-state index contributed by atoms with van der Waals surface area (Å²) < 4.78 is 1.92. The van der Waals surface area contributed by atoms with Crippen molar-refractivity contribution < 1.29 is 4.79 Å². The monoisotopic (exact) mass is 343 g/mol. The number of anilines is 1. The van der Waals surface area contributed by atoms with Gasteiger partial charge in [0.1, 0.15) is 5.82 Å². The molecule has 0 saturated carbocycles. The molecule has 6 heteroatoms. The van der Waals surface area contributed by atoms with Crippen LogP contribution in [-0.2, 0) is 0 Å². The van der Waals surface area contributed by atoms with E-state index >= 15 is 0 Å². The zero-order chi connectivity index (χ0) is 18.4. The summed E-state index contributed by atoms with van der Waals surface area (Å²) in [7, 11) is 0. The standard InChI is InChI=1S/C19H29N5O/c1-6-15(7-2)24-18(11-14(5)23-24)22-19(25)21-16(8-3)17-10-9-13(4)12-20-17/h9-12,15-16H,6-8H2,1-5H3,(H2,21,22,25). The van der Waals surface area contributed by atoms with Gasteiger partial charge in [0.25, 0.3) is 0 Å². The summed E-state index contributed by atoms with van der Waals surface area (Å²) >= 11 is 0. The third-order valence-corrected chi connectivity index (χ3v) is 4.39. The summed E-state index contributed by atoms with van der Waals surface area (Å²) in [5.74, 6) is 0.732. The van der Waals surface area contributed by atoms with Gasteiger partial charge in [-0.1, -0.05) is 26.8 Å². The molecule has 2 N–H and O–H groups in total. The van der Waals surface area contributed by atoms with Gasteiger partial charge in [0.05, 0.1) is 23.5 Å². The molecule has 136 valence electrons. The Bertz CT molecular complexity index is 688. The van der Waals surface area contributed by atoms with E-state index < -0.39 is 0 Å². The lowest BCUT2D eigenvalue weighted by Crippen LogP contribution is -2.33. The number of urea groups is 1. The van der Waals surface area contributed by atoms with E-state index in [0.29, 0.717) is 0 Å². The lowest BCUT2D eigenvalue weighted by molar-refractivity contribution is 0.247. The first-order valence-electron chi connectivity index (χ1n) is 9.04. The minimum atomic E-state index is -0.235. The molecule has 0 aliphatic carbocycles. The second-order valence-electron chi connectivity index (χ2n) is 6.41. The number of aryl methyl sites for hydroxylation is 2. The maximum Gasteiger partial charge on any atom is 0.320 e. The van der Waals surface area contributed by atoms with E-state index in [1.165, 1.54) is 0 Å². The molecule has 0 saturated heterocycles. The van der Waals surface area contributed by atoms with Crippen LogP contribution < -0.4 is 10.6 Å². The molecule has 0 aliphatic heterocycles. The van der Waals surface area contributed by atoms with Gasteiger partial charge in [-0.3, -0.25) is 10.3 Å². The van der Waals surface area contributed by atoms with Gasteiger partial charge in [0, 0.05) is 12.3 Å². The van der Waals surface area contributed by atoms with Crippen LogP contribution in [0.15, 0.2) is 24.4 Å². The van der Waals surface area contributed by atoms with E-state index in [2.05, 4.69) is 34.6 Å². The quantitative estimate of drug-likeness (QED) is 0.776. The average molecular weight is 343 g/mol. The van der Waals surface area contributed by atoms with Gasteiger partial charge < -0.3 is 5.32 Å². The van der Waals surface area contributed by atoms with Crippen LogP contribution >= 0.6 is 0 Å². The Morgan fingerprint density at radius 1 is 1.16 bits per heavy atom. The molecule has 0 fully saturated rings. The number of hydrogen-bond donors (Lipinski definition) is 2. The number of amides is 2. The molecule has 1 atom stereocenters. The zero-order valence-corrected chi connectivity index (χ0v) is 15.8. The Labute approximate surface area is 150 Å². The minimum absolute atomic E-state index is 0.119. The van der Waals surface area contributed by atoms with Gasteiger partial charge in [-0.2, -0.15) is 5.10 Å². The molecule has 2 heterocycles. The van der Waals surface area contributed by atoms with Crippen LogP contribution in [0.4, 0.5) is 10.6 Å². The first-order chi connectivity index (χ1) is 12.0. The van der Waals surface area contributed by atoms with Gasteiger partial charge in [-0.15, -0.1) is 0 Å². The van der Waals surface area contributed by atoms with Crippen LogP contribution in [0, 0.1) is 13.8 Å². The highest BCUT2D eigenvalue weighted by Gasteiger charge is 2.18. The van der Waals surface area contributed by atoms with Crippen LogP contribution in [-0.4, -0.2) is 20.8 Å². The van der Waals surface area contributed by atoms with Gasteiger partial charge in [0.2, 0.25) is 0 Å². The largest absolute Gasteiger partial charge is 0.329 e. The maximum absolute atomic E-state index is 12.5. The molecule has 6 nitrogen and oxygen atoms in total. The van der Waals surface area contributed by atoms with Crippen molar-refractivity contribution in [1.29, 1.82) is 0 Å². The summed E-state index contributed by atoms with van der Waals surface area (Å²) in [6, 6.07) is 5.80. The molecule has 2 amide bonds. The normalized spacial score (nSPS) is 12.2. The zero-order valence-electron chi connectivity index (χ0n) is 15.8. The van der Waals surface area contributed by atoms with Crippen molar-refractivity contribution >= 4 is 11.8 Å². The molecule has 2 rings (SSSR count).